The van der Waals surface area contributed by atoms with E-state index in [1.807, 2.05) is 25.1 Å². The molecule has 82 valence electrons. The normalized spacial score (nSPS) is 10.7. The van der Waals surface area contributed by atoms with Crippen LogP contribution < -0.4 is 0 Å². The number of pyridine rings is 1. The Morgan fingerprint density at radius 3 is 2.62 bits per heavy atom. The van der Waals surface area contributed by atoms with Crippen LogP contribution in [0.1, 0.15) is 23.7 Å². The quantitative estimate of drug-likeness (QED) is 0.767. The lowest BCUT2D eigenvalue weighted by atomic mass is 9.98. The summed E-state index contributed by atoms with van der Waals surface area (Å²) in [5.74, 6) is 0.184. The Kier molecular flexibility index (Phi) is 2.73. The van der Waals surface area contributed by atoms with Gasteiger partial charge in [-0.05, 0) is 38.0 Å². The minimum atomic E-state index is 0.184. The second kappa shape index (κ2) is 4.05. The number of benzene rings is 1. The van der Waals surface area contributed by atoms with Crippen LogP contribution in [-0.4, -0.2) is 10.8 Å². The van der Waals surface area contributed by atoms with Crippen LogP contribution in [0.2, 0.25) is 0 Å². The Morgan fingerprint density at radius 1 is 1.25 bits per heavy atom. The minimum absolute atomic E-state index is 0.184. The number of nitrogens with zero attached hydrogens (tertiary/aromatic N) is 1. The SMILES string of the molecule is CC(=O)Cc1c(C)nc2ccccc2c1C. The molecule has 0 saturated heterocycles. The number of hydrogen-bond donors (Lipinski definition) is 0. The van der Waals surface area contributed by atoms with Crippen LogP contribution in [0.4, 0.5) is 0 Å². The van der Waals surface area contributed by atoms with Gasteiger partial charge in [-0.3, -0.25) is 9.78 Å². The first-order valence-electron chi connectivity index (χ1n) is 5.44. The molecule has 0 atom stereocenters. The van der Waals surface area contributed by atoms with Gasteiger partial charge in [-0.2, -0.15) is 0 Å². The number of ketones is 1. The minimum Gasteiger partial charge on any atom is -0.300 e. The van der Waals surface area contributed by atoms with Gasteiger partial charge in [-0.1, -0.05) is 18.2 Å². The number of para-hydroxylation sites is 1. The van der Waals surface area contributed by atoms with E-state index in [2.05, 4.69) is 18.0 Å². The van der Waals surface area contributed by atoms with Crippen LogP contribution >= 0.6 is 0 Å². The zero-order valence-corrected chi connectivity index (χ0v) is 9.87. The summed E-state index contributed by atoms with van der Waals surface area (Å²) in [6.45, 7) is 5.65. The summed E-state index contributed by atoms with van der Waals surface area (Å²) >= 11 is 0. The number of rotatable bonds is 2. The van der Waals surface area contributed by atoms with Crippen molar-refractivity contribution in [3.05, 3.63) is 41.1 Å². The first-order valence-corrected chi connectivity index (χ1v) is 5.44. The number of carbonyl (C=O) groups is 1. The molecule has 1 aromatic carbocycles. The van der Waals surface area contributed by atoms with Crippen molar-refractivity contribution in [2.24, 2.45) is 0 Å². The third kappa shape index (κ3) is 1.83. The van der Waals surface area contributed by atoms with Gasteiger partial charge < -0.3 is 0 Å². The molecule has 1 heterocycles. The first-order chi connectivity index (χ1) is 7.59. The fourth-order valence-electron chi connectivity index (χ4n) is 2.08. The van der Waals surface area contributed by atoms with Crippen molar-refractivity contribution in [1.82, 2.24) is 4.98 Å². The van der Waals surface area contributed by atoms with E-state index in [0.717, 1.165) is 22.2 Å². The molecule has 0 aliphatic heterocycles. The van der Waals surface area contributed by atoms with Crippen LogP contribution in [0, 0.1) is 13.8 Å². The van der Waals surface area contributed by atoms with Crippen LogP contribution in [0.25, 0.3) is 10.9 Å². The Bertz CT molecular complexity index is 558. The molecule has 0 aliphatic rings. The number of aryl methyl sites for hydroxylation is 2. The van der Waals surface area contributed by atoms with Gasteiger partial charge in [0.1, 0.15) is 5.78 Å². The molecule has 0 fully saturated rings. The highest BCUT2D eigenvalue weighted by Crippen LogP contribution is 2.22. The van der Waals surface area contributed by atoms with Gasteiger partial charge in [0.2, 0.25) is 0 Å². The molecule has 16 heavy (non-hydrogen) atoms. The van der Waals surface area contributed by atoms with Gasteiger partial charge in [0.15, 0.2) is 0 Å². The van der Waals surface area contributed by atoms with Gasteiger partial charge in [-0.25, -0.2) is 0 Å². The van der Waals surface area contributed by atoms with Crippen molar-refractivity contribution in [1.29, 1.82) is 0 Å². The van der Waals surface area contributed by atoms with Crippen LogP contribution in [-0.2, 0) is 11.2 Å². The van der Waals surface area contributed by atoms with Crippen LogP contribution in [0.3, 0.4) is 0 Å². The standard InChI is InChI=1S/C14H15NO/c1-9(16)8-13-10(2)12-6-4-5-7-14(12)15-11(13)3/h4-7H,8H2,1-3H3. The Morgan fingerprint density at radius 2 is 1.94 bits per heavy atom. The highest BCUT2D eigenvalue weighted by atomic mass is 16.1. The van der Waals surface area contributed by atoms with Crippen LogP contribution in [0.15, 0.2) is 24.3 Å². The number of carbonyl (C=O) groups excluding carboxylic acids is 1. The van der Waals surface area contributed by atoms with E-state index in [-0.39, 0.29) is 5.78 Å². The largest absolute Gasteiger partial charge is 0.300 e. The summed E-state index contributed by atoms with van der Waals surface area (Å²) in [7, 11) is 0. The summed E-state index contributed by atoms with van der Waals surface area (Å²) in [5.41, 5.74) is 4.22. The third-order valence-corrected chi connectivity index (χ3v) is 2.91. The Balaban J connectivity index is 2.70. The van der Waals surface area contributed by atoms with Crippen molar-refractivity contribution in [3.8, 4) is 0 Å². The molecule has 0 saturated carbocycles. The molecule has 2 aromatic rings. The fraction of sp³-hybridized carbons (Fsp3) is 0.286. The zero-order chi connectivity index (χ0) is 11.7. The summed E-state index contributed by atoms with van der Waals surface area (Å²) in [6.07, 6.45) is 0.482. The smallest absolute Gasteiger partial charge is 0.134 e. The fourth-order valence-corrected chi connectivity index (χ4v) is 2.08. The number of Topliss-reactive ketones (excluding diaryl/α,β-unsaturated/α-hetero) is 1. The first kappa shape index (κ1) is 10.8. The van der Waals surface area contributed by atoms with E-state index < -0.39 is 0 Å². The molecule has 0 spiro atoms. The highest BCUT2D eigenvalue weighted by Gasteiger charge is 2.10. The molecule has 0 radical (unpaired) electrons. The lowest BCUT2D eigenvalue weighted by Gasteiger charge is -2.10. The maximum Gasteiger partial charge on any atom is 0.134 e. The topological polar surface area (TPSA) is 30.0 Å². The average molecular weight is 213 g/mol. The van der Waals surface area contributed by atoms with Crippen molar-refractivity contribution >= 4 is 16.7 Å². The van der Waals surface area contributed by atoms with E-state index >= 15 is 0 Å². The van der Waals surface area contributed by atoms with Gasteiger partial charge in [0, 0.05) is 17.5 Å². The second-order valence-corrected chi connectivity index (χ2v) is 4.20. The Hall–Kier alpha value is -1.70. The number of fused-ring (bicyclic) bond motifs is 1. The lowest BCUT2D eigenvalue weighted by molar-refractivity contribution is -0.116. The monoisotopic (exact) mass is 213 g/mol. The molecule has 0 amide bonds. The molecule has 0 aliphatic carbocycles. The highest BCUT2D eigenvalue weighted by molar-refractivity contribution is 5.86. The van der Waals surface area contributed by atoms with Gasteiger partial charge >= 0.3 is 0 Å². The summed E-state index contributed by atoms with van der Waals surface area (Å²) < 4.78 is 0. The molecular weight excluding hydrogens is 198 g/mol. The van der Waals surface area contributed by atoms with E-state index in [1.165, 1.54) is 5.56 Å². The molecule has 1 aromatic heterocycles. The summed E-state index contributed by atoms with van der Waals surface area (Å²) in [6, 6.07) is 8.05. The van der Waals surface area contributed by atoms with Crippen molar-refractivity contribution < 1.29 is 4.79 Å². The van der Waals surface area contributed by atoms with Crippen molar-refractivity contribution in [3.63, 3.8) is 0 Å². The lowest BCUT2D eigenvalue weighted by Crippen LogP contribution is -2.04. The maximum atomic E-state index is 11.2. The van der Waals surface area contributed by atoms with Gasteiger partial charge in [0.25, 0.3) is 0 Å². The number of hydrogen-bond acceptors (Lipinski definition) is 2. The second-order valence-electron chi connectivity index (χ2n) is 4.20. The average Bonchev–Trinajstić information content (AvgIpc) is 2.24. The molecule has 0 N–H and O–H groups in total. The van der Waals surface area contributed by atoms with Crippen molar-refractivity contribution in [2.75, 3.05) is 0 Å². The van der Waals surface area contributed by atoms with Crippen molar-refractivity contribution in [2.45, 2.75) is 27.2 Å². The predicted octanol–water partition coefficient (Wildman–Crippen LogP) is 2.98. The molecule has 2 nitrogen and oxygen atoms in total. The number of aromatic nitrogens is 1. The predicted molar refractivity (Wildman–Crippen MR) is 65.6 cm³/mol. The Labute approximate surface area is 95.3 Å². The zero-order valence-electron chi connectivity index (χ0n) is 9.87. The maximum absolute atomic E-state index is 11.2. The summed E-state index contributed by atoms with van der Waals surface area (Å²) in [4.78, 5) is 15.8. The molecule has 2 rings (SSSR count). The molecular formula is C14H15NO. The van der Waals surface area contributed by atoms with Gasteiger partial charge in [-0.15, -0.1) is 0 Å². The summed E-state index contributed by atoms with van der Waals surface area (Å²) in [5, 5.41) is 1.14. The van der Waals surface area contributed by atoms with E-state index in [1.54, 1.807) is 6.92 Å². The molecule has 0 unspecified atom stereocenters. The van der Waals surface area contributed by atoms with E-state index in [9.17, 15) is 4.79 Å². The van der Waals surface area contributed by atoms with Crippen LogP contribution in [0.5, 0.6) is 0 Å². The third-order valence-electron chi connectivity index (χ3n) is 2.91. The van der Waals surface area contributed by atoms with E-state index in [0.29, 0.717) is 6.42 Å². The molecule has 2 heteroatoms. The molecule has 0 bridgehead atoms. The van der Waals surface area contributed by atoms with E-state index in [4.69, 9.17) is 0 Å². The van der Waals surface area contributed by atoms with Gasteiger partial charge in [0.05, 0.1) is 5.52 Å².